The summed E-state index contributed by atoms with van der Waals surface area (Å²) in [4.78, 5) is 14.8. The van der Waals surface area contributed by atoms with Gasteiger partial charge in [-0.05, 0) is 50.2 Å². The number of ether oxygens (including phenoxy) is 1. The van der Waals surface area contributed by atoms with E-state index in [2.05, 4.69) is 13.0 Å². The van der Waals surface area contributed by atoms with Crippen LogP contribution >= 0.6 is 0 Å². The number of carbonyl (C=O) groups is 1. The van der Waals surface area contributed by atoms with Crippen molar-refractivity contribution in [3.63, 3.8) is 0 Å². The van der Waals surface area contributed by atoms with E-state index in [9.17, 15) is 4.79 Å². The van der Waals surface area contributed by atoms with Gasteiger partial charge in [0.15, 0.2) is 0 Å². The highest BCUT2D eigenvalue weighted by Gasteiger charge is 2.34. The predicted molar refractivity (Wildman–Crippen MR) is 74.7 cm³/mol. The van der Waals surface area contributed by atoms with Gasteiger partial charge in [-0.1, -0.05) is 12.1 Å². The quantitative estimate of drug-likeness (QED) is 0.834. The molecule has 1 aromatic carbocycles. The predicted octanol–water partition coefficient (Wildman–Crippen LogP) is 3.20. The van der Waals surface area contributed by atoms with Crippen LogP contribution in [0.15, 0.2) is 18.2 Å². The molecule has 0 radical (unpaired) electrons. The lowest BCUT2D eigenvalue weighted by Gasteiger charge is -2.24. The van der Waals surface area contributed by atoms with Crippen LogP contribution in [0.2, 0.25) is 0 Å². The van der Waals surface area contributed by atoms with Crippen LogP contribution in [0.5, 0.6) is 5.75 Å². The van der Waals surface area contributed by atoms with Crippen LogP contribution in [0.4, 0.5) is 0 Å². The molecule has 3 heteroatoms. The Hall–Kier alpha value is -1.51. The van der Waals surface area contributed by atoms with E-state index >= 15 is 0 Å². The third-order valence-corrected chi connectivity index (χ3v) is 4.32. The second-order valence-electron chi connectivity index (χ2n) is 5.69. The number of carbonyl (C=O) groups excluding carboxylic acids is 1. The van der Waals surface area contributed by atoms with E-state index < -0.39 is 0 Å². The Bertz CT molecular complexity index is 494. The Morgan fingerprint density at radius 2 is 2.11 bits per heavy atom. The fourth-order valence-corrected chi connectivity index (χ4v) is 3.06. The van der Waals surface area contributed by atoms with Crippen molar-refractivity contribution in [2.45, 2.75) is 44.6 Å². The van der Waals surface area contributed by atoms with Gasteiger partial charge in [0, 0.05) is 12.6 Å². The second-order valence-corrected chi connectivity index (χ2v) is 5.69. The molecule has 1 atom stereocenters. The molecule has 102 valence electrons. The molecule has 0 bridgehead atoms. The number of benzene rings is 1. The number of amides is 1. The molecule has 1 saturated carbocycles. The van der Waals surface area contributed by atoms with Gasteiger partial charge < -0.3 is 9.64 Å². The number of hydrogen-bond acceptors (Lipinski definition) is 2. The van der Waals surface area contributed by atoms with Gasteiger partial charge in [-0.3, -0.25) is 4.79 Å². The first-order valence-electron chi connectivity index (χ1n) is 7.20. The molecular weight excluding hydrogens is 238 g/mol. The lowest BCUT2D eigenvalue weighted by molar-refractivity contribution is 0.0743. The average molecular weight is 259 g/mol. The number of nitrogens with zero attached hydrogens (tertiary/aromatic N) is 1. The van der Waals surface area contributed by atoms with Crippen molar-refractivity contribution >= 4 is 5.91 Å². The molecule has 0 aromatic heterocycles. The maximum absolute atomic E-state index is 12.8. The van der Waals surface area contributed by atoms with E-state index in [1.54, 1.807) is 7.11 Å². The molecule has 1 amide bonds. The third kappa shape index (κ3) is 2.22. The minimum absolute atomic E-state index is 0.157. The van der Waals surface area contributed by atoms with Gasteiger partial charge in [-0.25, -0.2) is 0 Å². The van der Waals surface area contributed by atoms with E-state index in [-0.39, 0.29) is 5.91 Å². The normalized spacial score (nSPS) is 22.6. The molecule has 19 heavy (non-hydrogen) atoms. The molecule has 1 unspecified atom stereocenters. The zero-order valence-electron chi connectivity index (χ0n) is 11.7. The Kier molecular flexibility index (Phi) is 3.21. The number of likely N-dealkylation sites (tertiary alicyclic amines) is 1. The highest BCUT2D eigenvalue weighted by Crippen LogP contribution is 2.44. The molecule has 1 heterocycles. The SMILES string of the molecule is COc1cccc(C2CC2)c1C(=O)N1CCCC1C. The molecule has 1 aromatic rings. The lowest BCUT2D eigenvalue weighted by Crippen LogP contribution is -2.34. The van der Waals surface area contributed by atoms with Crippen LogP contribution in [0.25, 0.3) is 0 Å². The Morgan fingerprint density at radius 3 is 2.68 bits per heavy atom. The third-order valence-electron chi connectivity index (χ3n) is 4.32. The van der Waals surface area contributed by atoms with Crippen molar-refractivity contribution < 1.29 is 9.53 Å². The maximum Gasteiger partial charge on any atom is 0.258 e. The van der Waals surface area contributed by atoms with Crippen LogP contribution in [-0.4, -0.2) is 30.5 Å². The van der Waals surface area contributed by atoms with E-state index in [1.807, 2.05) is 17.0 Å². The van der Waals surface area contributed by atoms with Gasteiger partial charge in [0.2, 0.25) is 0 Å². The van der Waals surface area contributed by atoms with E-state index in [0.29, 0.717) is 12.0 Å². The van der Waals surface area contributed by atoms with Crippen LogP contribution in [0.3, 0.4) is 0 Å². The Morgan fingerprint density at radius 1 is 1.32 bits per heavy atom. The zero-order chi connectivity index (χ0) is 13.4. The fraction of sp³-hybridized carbons (Fsp3) is 0.562. The molecule has 2 aliphatic rings. The molecule has 1 saturated heterocycles. The largest absolute Gasteiger partial charge is 0.496 e. The fourth-order valence-electron chi connectivity index (χ4n) is 3.06. The van der Waals surface area contributed by atoms with E-state index in [0.717, 1.165) is 30.7 Å². The summed E-state index contributed by atoms with van der Waals surface area (Å²) in [7, 11) is 1.65. The standard InChI is InChI=1S/C16H21NO2/c1-11-5-4-10-17(11)16(18)15-13(12-8-9-12)6-3-7-14(15)19-2/h3,6-7,11-12H,4-5,8-10H2,1-2H3. The summed E-state index contributed by atoms with van der Waals surface area (Å²) in [5, 5.41) is 0. The molecule has 2 fully saturated rings. The molecule has 1 aliphatic carbocycles. The first kappa shape index (κ1) is 12.5. The van der Waals surface area contributed by atoms with Crippen LogP contribution < -0.4 is 4.74 Å². The number of rotatable bonds is 3. The number of methoxy groups -OCH3 is 1. The van der Waals surface area contributed by atoms with Crippen LogP contribution in [0, 0.1) is 0 Å². The summed E-state index contributed by atoms with van der Waals surface area (Å²) in [6.07, 6.45) is 4.62. The molecule has 0 N–H and O–H groups in total. The van der Waals surface area contributed by atoms with Crippen LogP contribution in [0.1, 0.15) is 54.4 Å². The first-order chi connectivity index (χ1) is 9.22. The topological polar surface area (TPSA) is 29.5 Å². The zero-order valence-corrected chi connectivity index (χ0v) is 11.7. The van der Waals surface area contributed by atoms with Gasteiger partial charge in [0.1, 0.15) is 5.75 Å². The van der Waals surface area contributed by atoms with Gasteiger partial charge in [0.05, 0.1) is 12.7 Å². The molecule has 3 rings (SSSR count). The number of hydrogen-bond donors (Lipinski definition) is 0. The van der Waals surface area contributed by atoms with Crippen molar-refractivity contribution in [2.75, 3.05) is 13.7 Å². The minimum Gasteiger partial charge on any atom is -0.496 e. The second kappa shape index (κ2) is 4.87. The summed E-state index contributed by atoms with van der Waals surface area (Å²) in [5.41, 5.74) is 1.99. The van der Waals surface area contributed by atoms with E-state index in [1.165, 1.54) is 18.4 Å². The smallest absolute Gasteiger partial charge is 0.258 e. The molecule has 3 nitrogen and oxygen atoms in total. The van der Waals surface area contributed by atoms with Crippen molar-refractivity contribution in [3.8, 4) is 5.75 Å². The summed E-state index contributed by atoms with van der Waals surface area (Å²) in [6.45, 7) is 3.01. The van der Waals surface area contributed by atoms with Crippen molar-refractivity contribution in [2.24, 2.45) is 0 Å². The molecule has 1 aliphatic heterocycles. The van der Waals surface area contributed by atoms with Gasteiger partial charge in [-0.2, -0.15) is 0 Å². The highest BCUT2D eigenvalue weighted by molar-refractivity contribution is 5.99. The van der Waals surface area contributed by atoms with Gasteiger partial charge in [-0.15, -0.1) is 0 Å². The van der Waals surface area contributed by atoms with Crippen LogP contribution in [-0.2, 0) is 0 Å². The van der Waals surface area contributed by atoms with Crippen molar-refractivity contribution in [1.29, 1.82) is 0 Å². The average Bonchev–Trinajstić information content (AvgIpc) is 3.19. The lowest BCUT2D eigenvalue weighted by atomic mass is 10.0. The van der Waals surface area contributed by atoms with Crippen molar-refractivity contribution in [3.05, 3.63) is 29.3 Å². The summed E-state index contributed by atoms with van der Waals surface area (Å²) in [6, 6.07) is 6.34. The van der Waals surface area contributed by atoms with Crippen molar-refractivity contribution in [1.82, 2.24) is 4.90 Å². The summed E-state index contributed by atoms with van der Waals surface area (Å²) >= 11 is 0. The highest BCUT2D eigenvalue weighted by atomic mass is 16.5. The van der Waals surface area contributed by atoms with Gasteiger partial charge >= 0.3 is 0 Å². The van der Waals surface area contributed by atoms with E-state index in [4.69, 9.17) is 4.74 Å². The minimum atomic E-state index is 0.157. The molecule has 0 spiro atoms. The maximum atomic E-state index is 12.8. The first-order valence-corrected chi connectivity index (χ1v) is 7.20. The summed E-state index contributed by atoms with van der Waals surface area (Å²) < 4.78 is 5.43. The Labute approximate surface area is 114 Å². The van der Waals surface area contributed by atoms with Gasteiger partial charge in [0.25, 0.3) is 5.91 Å². The monoisotopic (exact) mass is 259 g/mol. The molecular formula is C16H21NO2. The Balaban J connectivity index is 2.00. The summed E-state index contributed by atoms with van der Waals surface area (Å²) in [5.74, 6) is 1.45.